The highest BCUT2D eigenvalue weighted by molar-refractivity contribution is 5.88. The number of rotatable bonds is 5. The van der Waals surface area contributed by atoms with E-state index in [1.54, 1.807) is 19.1 Å². The van der Waals surface area contributed by atoms with Gasteiger partial charge < -0.3 is 9.64 Å². The van der Waals surface area contributed by atoms with Crippen LogP contribution in [-0.2, 0) is 19.2 Å². The fourth-order valence-corrected chi connectivity index (χ4v) is 2.68. The number of methoxy groups -OCH3 is 1. The summed E-state index contributed by atoms with van der Waals surface area (Å²) in [6.45, 7) is 1.11. The Kier molecular flexibility index (Phi) is 5.01. The standard InChI is InChI=1S/C15H22N2O4/c1-16(21-3)15(19)12-8-14(18)17(10-12)9-11-4-6-13(20-2)7-5-11/h4,6-7,11-12H,5,8-10H2,1-3H3. The van der Waals surface area contributed by atoms with Crippen LogP contribution in [0.4, 0.5) is 0 Å². The van der Waals surface area contributed by atoms with Gasteiger partial charge in [0.25, 0.3) is 5.91 Å². The normalized spacial score (nSPS) is 25.0. The number of allylic oxidation sites excluding steroid dienone is 2. The van der Waals surface area contributed by atoms with Gasteiger partial charge in [-0.25, -0.2) is 5.06 Å². The molecular formula is C15H22N2O4. The first-order chi connectivity index (χ1) is 10.0. The molecule has 1 heterocycles. The summed E-state index contributed by atoms with van der Waals surface area (Å²) in [5.74, 6) is 0.720. The Morgan fingerprint density at radius 2 is 2.24 bits per heavy atom. The Hall–Kier alpha value is -1.82. The lowest BCUT2D eigenvalue weighted by atomic mass is 9.99. The van der Waals surface area contributed by atoms with Crippen LogP contribution in [0.25, 0.3) is 0 Å². The van der Waals surface area contributed by atoms with E-state index in [4.69, 9.17) is 9.57 Å². The van der Waals surface area contributed by atoms with Gasteiger partial charge in [0.15, 0.2) is 0 Å². The van der Waals surface area contributed by atoms with Crippen LogP contribution in [0.5, 0.6) is 0 Å². The molecule has 0 N–H and O–H groups in total. The van der Waals surface area contributed by atoms with Gasteiger partial charge in [0.05, 0.1) is 20.1 Å². The molecule has 0 radical (unpaired) electrons. The number of ether oxygens (including phenoxy) is 1. The summed E-state index contributed by atoms with van der Waals surface area (Å²) in [7, 11) is 4.65. The number of nitrogens with zero attached hydrogens (tertiary/aromatic N) is 2. The molecule has 0 aromatic carbocycles. The predicted molar refractivity (Wildman–Crippen MR) is 76.8 cm³/mol. The monoisotopic (exact) mass is 294 g/mol. The van der Waals surface area contributed by atoms with Gasteiger partial charge in [0.2, 0.25) is 5.91 Å². The SMILES string of the molecule is COC1=CCC(CN2CC(C(=O)N(C)OC)CC2=O)C=C1. The van der Waals surface area contributed by atoms with Gasteiger partial charge in [-0.1, -0.05) is 6.08 Å². The third-order valence-electron chi connectivity index (χ3n) is 3.99. The van der Waals surface area contributed by atoms with Crippen LogP contribution in [-0.4, -0.2) is 56.1 Å². The van der Waals surface area contributed by atoms with E-state index in [2.05, 4.69) is 6.08 Å². The van der Waals surface area contributed by atoms with Crippen molar-refractivity contribution < 1.29 is 19.2 Å². The summed E-state index contributed by atoms with van der Waals surface area (Å²) in [4.78, 5) is 30.7. The Morgan fingerprint density at radius 3 is 2.81 bits per heavy atom. The molecule has 2 unspecified atom stereocenters. The minimum Gasteiger partial charge on any atom is -0.497 e. The number of likely N-dealkylation sites (tertiary alicyclic amines) is 1. The molecule has 0 aromatic rings. The molecule has 6 nitrogen and oxygen atoms in total. The second-order valence-corrected chi connectivity index (χ2v) is 5.38. The van der Waals surface area contributed by atoms with Crippen molar-refractivity contribution in [2.75, 3.05) is 34.4 Å². The minimum atomic E-state index is -0.305. The molecule has 1 saturated heterocycles. The predicted octanol–water partition coefficient (Wildman–Crippen LogP) is 0.961. The molecule has 1 aliphatic carbocycles. The Labute approximate surface area is 124 Å². The zero-order chi connectivity index (χ0) is 15.4. The number of hydrogen-bond acceptors (Lipinski definition) is 4. The molecule has 0 bridgehead atoms. The highest BCUT2D eigenvalue weighted by Gasteiger charge is 2.36. The molecule has 6 heteroatoms. The number of hydrogen-bond donors (Lipinski definition) is 0. The highest BCUT2D eigenvalue weighted by Crippen LogP contribution is 2.24. The lowest BCUT2D eigenvalue weighted by Crippen LogP contribution is -2.35. The smallest absolute Gasteiger partial charge is 0.251 e. The van der Waals surface area contributed by atoms with E-state index in [1.165, 1.54) is 12.2 Å². The minimum absolute atomic E-state index is 0.0350. The zero-order valence-corrected chi connectivity index (χ0v) is 12.7. The molecule has 0 saturated carbocycles. The Balaban J connectivity index is 1.88. The van der Waals surface area contributed by atoms with E-state index in [-0.39, 0.29) is 30.1 Å². The van der Waals surface area contributed by atoms with E-state index in [1.807, 2.05) is 12.2 Å². The Bertz CT molecular complexity index is 472. The lowest BCUT2D eigenvalue weighted by Gasteiger charge is -2.23. The third kappa shape index (κ3) is 3.64. The summed E-state index contributed by atoms with van der Waals surface area (Å²) >= 11 is 0. The van der Waals surface area contributed by atoms with Crippen LogP contribution in [0.3, 0.4) is 0 Å². The van der Waals surface area contributed by atoms with Crippen molar-refractivity contribution in [1.29, 1.82) is 0 Å². The summed E-state index contributed by atoms with van der Waals surface area (Å²) in [5, 5.41) is 1.19. The van der Waals surface area contributed by atoms with Crippen molar-refractivity contribution in [3.8, 4) is 0 Å². The Morgan fingerprint density at radius 1 is 1.48 bits per heavy atom. The topological polar surface area (TPSA) is 59.1 Å². The maximum absolute atomic E-state index is 12.0. The number of amides is 2. The number of hydroxylamine groups is 2. The molecule has 0 spiro atoms. The van der Waals surface area contributed by atoms with Gasteiger partial charge in [0, 0.05) is 26.6 Å². The van der Waals surface area contributed by atoms with Crippen LogP contribution in [0.1, 0.15) is 12.8 Å². The van der Waals surface area contributed by atoms with Gasteiger partial charge in [0.1, 0.15) is 5.76 Å². The van der Waals surface area contributed by atoms with Gasteiger partial charge in [-0.05, 0) is 24.5 Å². The van der Waals surface area contributed by atoms with Crippen molar-refractivity contribution in [3.05, 3.63) is 24.0 Å². The molecular weight excluding hydrogens is 272 g/mol. The van der Waals surface area contributed by atoms with E-state index < -0.39 is 0 Å². The van der Waals surface area contributed by atoms with Gasteiger partial charge in [-0.3, -0.25) is 14.4 Å². The van der Waals surface area contributed by atoms with E-state index in [0.717, 1.165) is 12.2 Å². The summed E-state index contributed by atoms with van der Waals surface area (Å²) in [6.07, 6.45) is 7.12. The van der Waals surface area contributed by atoms with Crippen LogP contribution >= 0.6 is 0 Å². The van der Waals surface area contributed by atoms with Crippen molar-refractivity contribution in [3.63, 3.8) is 0 Å². The average Bonchev–Trinajstić information content (AvgIpc) is 2.87. The summed E-state index contributed by atoms with van der Waals surface area (Å²) in [6, 6.07) is 0. The van der Waals surface area contributed by atoms with E-state index in [9.17, 15) is 9.59 Å². The fourth-order valence-electron chi connectivity index (χ4n) is 2.68. The van der Waals surface area contributed by atoms with Gasteiger partial charge in [-0.15, -0.1) is 0 Å². The fraction of sp³-hybridized carbons (Fsp3) is 0.600. The lowest BCUT2D eigenvalue weighted by molar-refractivity contribution is -0.173. The number of carbonyl (C=O) groups excluding carboxylic acids is 2. The molecule has 21 heavy (non-hydrogen) atoms. The van der Waals surface area contributed by atoms with Crippen LogP contribution in [0, 0.1) is 11.8 Å². The molecule has 2 atom stereocenters. The second kappa shape index (κ2) is 6.76. The van der Waals surface area contributed by atoms with Crippen molar-refractivity contribution >= 4 is 11.8 Å². The molecule has 0 aromatic heterocycles. The van der Waals surface area contributed by atoms with Crippen LogP contribution in [0.15, 0.2) is 24.0 Å². The summed E-state index contributed by atoms with van der Waals surface area (Å²) in [5.41, 5.74) is 0. The third-order valence-corrected chi connectivity index (χ3v) is 3.99. The largest absolute Gasteiger partial charge is 0.497 e. The quantitative estimate of drug-likeness (QED) is 0.709. The molecule has 1 fully saturated rings. The zero-order valence-electron chi connectivity index (χ0n) is 12.7. The maximum Gasteiger partial charge on any atom is 0.251 e. The second-order valence-electron chi connectivity index (χ2n) is 5.38. The molecule has 2 amide bonds. The van der Waals surface area contributed by atoms with Crippen molar-refractivity contribution in [2.45, 2.75) is 12.8 Å². The summed E-state index contributed by atoms with van der Waals surface area (Å²) < 4.78 is 5.15. The van der Waals surface area contributed by atoms with Crippen molar-refractivity contribution in [1.82, 2.24) is 9.96 Å². The van der Waals surface area contributed by atoms with Crippen molar-refractivity contribution in [2.24, 2.45) is 11.8 Å². The molecule has 116 valence electrons. The first-order valence-corrected chi connectivity index (χ1v) is 7.07. The average molecular weight is 294 g/mol. The first kappa shape index (κ1) is 15.6. The van der Waals surface area contributed by atoms with E-state index >= 15 is 0 Å². The van der Waals surface area contributed by atoms with E-state index in [0.29, 0.717) is 13.1 Å². The number of carbonyl (C=O) groups is 2. The first-order valence-electron chi connectivity index (χ1n) is 7.07. The molecule has 2 rings (SSSR count). The van der Waals surface area contributed by atoms with Gasteiger partial charge >= 0.3 is 0 Å². The van der Waals surface area contributed by atoms with Gasteiger partial charge in [-0.2, -0.15) is 0 Å². The van der Waals surface area contributed by atoms with Crippen LogP contribution in [0.2, 0.25) is 0 Å². The molecule has 1 aliphatic heterocycles. The highest BCUT2D eigenvalue weighted by atomic mass is 16.7. The molecule has 2 aliphatic rings. The van der Waals surface area contributed by atoms with Crippen LogP contribution < -0.4 is 0 Å². The maximum atomic E-state index is 12.0.